The van der Waals surface area contributed by atoms with Gasteiger partial charge >= 0.3 is 0 Å². The van der Waals surface area contributed by atoms with Crippen molar-refractivity contribution in [3.8, 4) is 11.5 Å². The topological polar surface area (TPSA) is 30.5 Å². The molecule has 112 valence electrons. The third-order valence-corrected chi connectivity index (χ3v) is 3.50. The molecule has 3 nitrogen and oxygen atoms in total. The molecule has 0 aliphatic rings. The van der Waals surface area contributed by atoms with Crippen LogP contribution in [0.1, 0.15) is 22.3 Å². The quantitative estimate of drug-likeness (QED) is 0.879. The highest BCUT2D eigenvalue weighted by Crippen LogP contribution is 2.29. The summed E-state index contributed by atoms with van der Waals surface area (Å²) in [6, 6.07) is 12.4. The van der Waals surface area contributed by atoms with Gasteiger partial charge in [0.2, 0.25) is 0 Å². The minimum Gasteiger partial charge on any atom is -0.493 e. The Balaban J connectivity index is 2.18. The molecule has 1 N–H and O–H groups in total. The van der Waals surface area contributed by atoms with E-state index in [1.54, 1.807) is 7.11 Å². The molecule has 3 heteroatoms. The standard InChI is InChI=1S/C18H23NO2/c1-13-5-6-14(2)16(9-13)12-21-18-10-15(11-19-3)7-8-17(18)20-4/h5-10,19H,11-12H2,1-4H3. The predicted octanol–water partition coefficient (Wildman–Crippen LogP) is 3.61. The van der Waals surface area contributed by atoms with E-state index in [1.807, 2.05) is 25.2 Å². The highest BCUT2D eigenvalue weighted by Gasteiger charge is 2.07. The van der Waals surface area contributed by atoms with Gasteiger partial charge in [-0.15, -0.1) is 0 Å². The Morgan fingerprint density at radius 3 is 2.52 bits per heavy atom. The van der Waals surface area contributed by atoms with Gasteiger partial charge in [-0.2, -0.15) is 0 Å². The molecule has 0 fully saturated rings. The van der Waals surface area contributed by atoms with Gasteiger partial charge in [-0.3, -0.25) is 0 Å². The smallest absolute Gasteiger partial charge is 0.161 e. The predicted molar refractivity (Wildman–Crippen MR) is 86.0 cm³/mol. The summed E-state index contributed by atoms with van der Waals surface area (Å²) in [6.45, 7) is 5.56. The molecular formula is C18H23NO2. The van der Waals surface area contributed by atoms with E-state index in [0.29, 0.717) is 6.61 Å². The SMILES string of the molecule is CNCc1ccc(OC)c(OCc2cc(C)ccc2C)c1. The third-order valence-electron chi connectivity index (χ3n) is 3.50. The number of benzene rings is 2. The Hall–Kier alpha value is -2.00. The normalized spacial score (nSPS) is 10.5. The first-order valence-electron chi connectivity index (χ1n) is 7.14. The number of nitrogens with one attached hydrogen (secondary N) is 1. The summed E-state index contributed by atoms with van der Waals surface area (Å²) < 4.78 is 11.4. The van der Waals surface area contributed by atoms with Crippen molar-refractivity contribution >= 4 is 0 Å². The van der Waals surface area contributed by atoms with Gasteiger partial charge in [-0.1, -0.05) is 29.8 Å². The van der Waals surface area contributed by atoms with Crippen molar-refractivity contribution in [1.82, 2.24) is 5.32 Å². The van der Waals surface area contributed by atoms with Crippen LogP contribution in [0.25, 0.3) is 0 Å². The molecule has 0 saturated heterocycles. The van der Waals surface area contributed by atoms with Gasteiger partial charge in [-0.05, 0) is 49.7 Å². The first-order valence-corrected chi connectivity index (χ1v) is 7.14. The summed E-state index contributed by atoms with van der Waals surface area (Å²) in [6.07, 6.45) is 0. The van der Waals surface area contributed by atoms with Gasteiger partial charge in [-0.25, -0.2) is 0 Å². The van der Waals surface area contributed by atoms with Crippen LogP contribution in [0.3, 0.4) is 0 Å². The molecule has 0 radical (unpaired) electrons. The average Bonchev–Trinajstić information content (AvgIpc) is 2.49. The maximum absolute atomic E-state index is 5.98. The third kappa shape index (κ3) is 3.99. The Morgan fingerprint density at radius 1 is 1.00 bits per heavy atom. The van der Waals surface area contributed by atoms with Crippen LogP contribution in [0.15, 0.2) is 36.4 Å². The zero-order valence-electron chi connectivity index (χ0n) is 13.2. The summed E-state index contributed by atoms with van der Waals surface area (Å²) in [5, 5.41) is 3.14. The molecule has 0 spiro atoms. The molecule has 2 aromatic rings. The fraction of sp³-hybridized carbons (Fsp3) is 0.333. The minimum absolute atomic E-state index is 0.548. The van der Waals surface area contributed by atoms with E-state index in [1.165, 1.54) is 22.3 Å². The number of rotatable bonds is 6. The molecule has 21 heavy (non-hydrogen) atoms. The number of hydrogen-bond donors (Lipinski definition) is 1. The van der Waals surface area contributed by atoms with Crippen molar-refractivity contribution in [3.05, 3.63) is 58.7 Å². The molecule has 0 amide bonds. The van der Waals surface area contributed by atoms with Gasteiger partial charge < -0.3 is 14.8 Å². The van der Waals surface area contributed by atoms with E-state index in [-0.39, 0.29) is 0 Å². The molecule has 0 atom stereocenters. The van der Waals surface area contributed by atoms with E-state index in [4.69, 9.17) is 9.47 Å². The molecule has 0 bridgehead atoms. The second kappa shape index (κ2) is 7.14. The molecule has 2 aromatic carbocycles. The fourth-order valence-corrected chi connectivity index (χ4v) is 2.26. The van der Waals surface area contributed by atoms with E-state index >= 15 is 0 Å². The Morgan fingerprint density at radius 2 is 1.81 bits per heavy atom. The maximum Gasteiger partial charge on any atom is 0.161 e. The summed E-state index contributed by atoms with van der Waals surface area (Å²) in [5.74, 6) is 1.55. The summed E-state index contributed by atoms with van der Waals surface area (Å²) in [5.41, 5.74) is 4.87. The number of methoxy groups -OCH3 is 1. The van der Waals surface area contributed by atoms with Crippen LogP contribution in [0, 0.1) is 13.8 Å². The molecule has 0 aliphatic heterocycles. The maximum atomic E-state index is 5.98. The molecule has 0 saturated carbocycles. The van der Waals surface area contributed by atoms with Crippen LogP contribution in [0.4, 0.5) is 0 Å². The zero-order valence-corrected chi connectivity index (χ0v) is 13.2. The van der Waals surface area contributed by atoms with Crippen LogP contribution in [0.5, 0.6) is 11.5 Å². The van der Waals surface area contributed by atoms with E-state index in [2.05, 4.69) is 37.4 Å². The van der Waals surface area contributed by atoms with Crippen molar-refractivity contribution in [3.63, 3.8) is 0 Å². The number of hydrogen-bond acceptors (Lipinski definition) is 3. The van der Waals surface area contributed by atoms with Gasteiger partial charge in [0.25, 0.3) is 0 Å². The molecule has 0 aliphatic carbocycles. The summed E-state index contributed by atoms with van der Waals surface area (Å²) in [4.78, 5) is 0. The second-order valence-electron chi connectivity index (χ2n) is 5.23. The second-order valence-corrected chi connectivity index (χ2v) is 5.23. The van der Waals surface area contributed by atoms with Gasteiger partial charge in [0, 0.05) is 6.54 Å². The zero-order chi connectivity index (χ0) is 15.2. The van der Waals surface area contributed by atoms with Crippen molar-refractivity contribution in [2.75, 3.05) is 14.2 Å². The first-order chi connectivity index (χ1) is 10.1. The first kappa shape index (κ1) is 15.4. The molecule has 0 unspecified atom stereocenters. The molecular weight excluding hydrogens is 262 g/mol. The van der Waals surface area contributed by atoms with Crippen LogP contribution >= 0.6 is 0 Å². The van der Waals surface area contributed by atoms with Crippen molar-refractivity contribution in [2.24, 2.45) is 0 Å². The Kier molecular flexibility index (Phi) is 5.23. The van der Waals surface area contributed by atoms with E-state index < -0.39 is 0 Å². The minimum atomic E-state index is 0.548. The van der Waals surface area contributed by atoms with Crippen molar-refractivity contribution in [1.29, 1.82) is 0 Å². The Bertz CT molecular complexity index is 608. The van der Waals surface area contributed by atoms with Crippen molar-refractivity contribution < 1.29 is 9.47 Å². The highest BCUT2D eigenvalue weighted by atomic mass is 16.5. The van der Waals surface area contributed by atoms with Crippen molar-refractivity contribution in [2.45, 2.75) is 27.0 Å². The van der Waals surface area contributed by atoms with Crippen LogP contribution in [-0.4, -0.2) is 14.2 Å². The lowest BCUT2D eigenvalue weighted by molar-refractivity contribution is 0.283. The van der Waals surface area contributed by atoms with Gasteiger partial charge in [0.15, 0.2) is 11.5 Å². The molecule has 2 rings (SSSR count). The van der Waals surface area contributed by atoms with Crippen LogP contribution in [0.2, 0.25) is 0 Å². The lowest BCUT2D eigenvalue weighted by Crippen LogP contribution is -2.06. The van der Waals surface area contributed by atoms with E-state index in [9.17, 15) is 0 Å². The highest BCUT2D eigenvalue weighted by molar-refractivity contribution is 5.43. The van der Waals surface area contributed by atoms with Crippen LogP contribution in [-0.2, 0) is 13.2 Å². The summed E-state index contributed by atoms with van der Waals surface area (Å²) >= 11 is 0. The lowest BCUT2D eigenvalue weighted by atomic mass is 10.1. The van der Waals surface area contributed by atoms with Gasteiger partial charge in [0.05, 0.1) is 7.11 Å². The fourth-order valence-electron chi connectivity index (χ4n) is 2.26. The van der Waals surface area contributed by atoms with Gasteiger partial charge in [0.1, 0.15) is 6.61 Å². The average molecular weight is 285 g/mol. The largest absolute Gasteiger partial charge is 0.493 e. The monoisotopic (exact) mass is 285 g/mol. The number of aryl methyl sites for hydroxylation is 2. The summed E-state index contributed by atoms with van der Waals surface area (Å²) in [7, 11) is 3.60. The van der Waals surface area contributed by atoms with Crippen LogP contribution < -0.4 is 14.8 Å². The Labute approximate surface area is 126 Å². The van der Waals surface area contributed by atoms with E-state index in [0.717, 1.165) is 18.0 Å². The molecule has 0 aromatic heterocycles. The lowest BCUT2D eigenvalue weighted by Gasteiger charge is -2.14. The molecule has 0 heterocycles. The number of ether oxygens (including phenoxy) is 2.